The number of alkyl halides is 12. The molecule has 414 valence electrons. The van der Waals surface area contributed by atoms with Gasteiger partial charge in [0.15, 0.2) is 5.82 Å². The molecule has 0 saturated heterocycles. The molecule has 84 heavy (non-hydrogen) atoms. The summed E-state index contributed by atoms with van der Waals surface area (Å²) in [6.45, 7) is 0. The molecule has 0 amide bonds. The first-order valence-corrected chi connectivity index (χ1v) is 26.1. The zero-order valence-electron chi connectivity index (χ0n) is 43.3. The Morgan fingerprint density at radius 1 is 0.262 bits per heavy atom. The zero-order chi connectivity index (χ0) is 58.5. The van der Waals surface area contributed by atoms with Crippen molar-refractivity contribution in [3.63, 3.8) is 0 Å². The Kier molecular flexibility index (Phi) is 12.6. The lowest BCUT2D eigenvalue weighted by Crippen LogP contribution is -2.12. The molecule has 0 spiro atoms. The van der Waals surface area contributed by atoms with Gasteiger partial charge in [0.05, 0.1) is 67.1 Å². The fraction of sp³-hybridized carbons (Fsp3) is 0.0588. The van der Waals surface area contributed by atoms with Crippen LogP contribution in [0.4, 0.5) is 52.7 Å². The van der Waals surface area contributed by atoms with Gasteiger partial charge >= 0.3 is 24.7 Å². The molecule has 4 nitrogen and oxygen atoms in total. The Balaban J connectivity index is 1.07. The van der Waals surface area contributed by atoms with E-state index in [1.807, 2.05) is 155 Å². The molecule has 0 saturated carbocycles. The van der Waals surface area contributed by atoms with Gasteiger partial charge in [0.2, 0.25) is 0 Å². The molecule has 3 heterocycles. The summed E-state index contributed by atoms with van der Waals surface area (Å²) in [5, 5.41) is 2.24. The molecule has 10 aromatic carbocycles. The number of halogens is 12. The Morgan fingerprint density at radius 2 is 0.679 bits per heavy atom. The second kappa shape index (κ2) is 19.9. The zero-order valence-corrected chi connectivity index (χ0v) is 43.3. The summed E-state index contributed by atoms with van der Waals surface area (Å²) in [6, 6.07) is 61.1. The standard InChI is InChI=1S/C68H38F12N4/c69-65(70,71)44-26-28-46(54(36-44)67(75,76)77)41-23-30-61-51(33-41)48-17-7-10-20-58(48)83(61)59-21-11-9-19-50(59)53-35-43(57-38-56(39-13-3-1-4-14-39)81-64(82-57)40-15-5-2-6-16-40)25-32-63(53)84-60-22-12-8-18-49(60)52-34-42(24-31-62(52)84)47-29-27-45(66(72,73)74)37-55(47)68(78,79)80/h1-38H. The molecule has 0 aliphatic carbocycles. The summed E-state index contributed by atoms with van der Waals surface area (Å²) >= 11 is 0. The van der Waals surface area contributed by atoms with Gasteiger partial charge in [-0.3, -0.25) is 0 Å². The van der Waals surface area contributed by atoms with E-state index in [1.165, 1.54) is 12.1 Å². The van der Waals surface area contributed by atoms with Crippen LogP contribution in [0.2, 0.25) is 0 Å². The van der Waals surface area contributed by atoms with E-state index in [4.69, 9.17) is 9.97 Å². The molecule has 0 radical (unpaired) electrons. The number of fused-ring (bicyclic) bond motifs is 6. The maximum absolute atomic E-state index is 14.7. The van der Waals surface area contributed by atoms with Crippen LogP contribution in [0.25, 0.3) is 122 Å². The third kappa shape index (κ3) is 9.46. The Hall–Kier alpha value is -9.96. The quantitative estimate of drug-likeness (QED) is 0.142. The van der Waals surface area contributed by atoms with Crippen LogP contribution < -0.4 is 0 Å². The predicted molar refractivity (Wildman–Crippen MR) is 303 cm³/mol. The molecule has 13 aromatic rings. The van der Waals surface area contributed by atoms with Crippen LogP contribution in [0.5, 0.6) is 0 Å². The summed E-state index contributed by atoms with van der Waals surface area (Å²) in [5.74, 6) is 0.446. The van der Waals surface area contributed by atoms with Gasteiger partial charge in [0.1, 0.15) is 0 Å². The summed E-state index contributed by atoms with van der Waals surface area (Å²) in [7, 11) is 0. The van der Waals surface area contributed by atoms with Crippen molar-refractivity contribution in [3.05, 3.63) is 253 Å². The fourth-order valence-electron chi connectivity index (χ4n) is 11.3. The number of benzene rings is 10. The van der Waals surface area contributed by atoms with Crippen LogP contribution in [0.15, 0.2) is 231 Å². The van der Waals surface area contributed by atoms with E-state index in [9.17, 15) is 52.7 Å². The number of hydrogen-bond acceptors (Lipinski definition) is 2. The van der Waals surface area contributed by atoms with Crippen LogP contribution >= 0.6 is 0 Å². The van der Waals surface area contributed by atoms with Gasteiger partial charge in [-0.1, -0.05) is 146 Å². The van der Waals surface area contributed by atoms with Gasteiger partial charge in [-0.05, 0) is 107 Å². The van der Waals surface area contributed by atoms with Crippen LogP contribution in [0.3, 0.4) is 0 Å². The van der Waals surface area contributed by atoms with Crippen molar-refractivity contribution in [2.24, 2.45) is 0 Å². The third-order valence-electron chi connectivity index (χ3n) is 15.1. The highest BCUT2D eigenvalue weighted by Crippen LogP contribution is 2.47. The van der Waals surface area contributed by atoms with Crippen LogP contribution in [-0.2, 0) is 24.7 Å². The second-order valence-electron chi connectivity index (χ2n) is 20.1. The normalized spacial score (nSPS) is 12.5. The van der Waals surface area contributed by atoms with E-state index in [-0.39, 0.29) is 23.3 Å². The minimum atomic E-state index is -5.14. The van der Waals surface area contributed by atoms with Gasteiger partial charge in [0, 0.05) is 49.4 Å². The van der Waals surface area contributed by atoms with Gasteiger partial charge in [-0.25, -0.2) is 9.97 Å². The molecule has 0 fully saturated rings. The van der Waals surface area contributed by atoms with Crippen LogP contribution in [0.1, 0.15) is 22.3 Å². The van der Waals surface area contributed by atoms with Crippen molar-refractivity contribution in [1.82, 2.24) is 19.1 Å². The maximum atomic E-state index is 14.7. The third-order valence-corrected chi connectivity index (χ3v) is 15.1. The lowest BCUT2D eigenvalue weighted by Gasteiger charge is -2.20. The SMILES string of the molecule is FC(F)(F)c1ccc(-c2ccc3c(c2)c2ccccc2n3-c2ccccc2-c2cc(-c3cc(-c4ccccc4)nc(-c4ccccc4)n3)ccc2-n2c3ccccc3c3cc(-c4ccc(C(F)(F)F)cc4C(F)(F)F)ccc32)c(C(F)(F)F)c1. The number of para-hydroxylation sites is 3. The first kappa shape index (κ1) is 53.4. The lowest BCUT2D eigenvalue weighted by atomic mass is 9.95. The highest BCUT2D eigenvalue weighted by Gasteiger charge is 2.40. The van der Waals surface area contributed by atoms with E-state index in [1.54, 1.807) is 36.4 Å². The number of aromatic nitrogens is 4. The van der Waals surface area contributed by atoms with Gasteiger partial charge in [-0.2, -0.15) is 52.7 Å². The molecule has 0 atom stereocenters. The molecule has 0 bridgehead atoms. The highest BCUT2D eigenvalue weighted by atomic mass is 19.4. The smallest absolute Gasteiger partial charge is 0.309 e. The Morgan fingerprint density at radius 3 is 1.18 bits per heavy atom. The molecule has 0 aliphatic heterocycles. The van der Waals surface area contributed by atoms with E-state index in [2.05, 4.69) is 0 Å². The van der Waals surface area contributed by atoms with Crippen molar-refractivity contribution < 1.29 is 52.7 Å². The largest absolute Gasteiger partial charge is 0.417 e. The summed E-state index contributed by atoms with van der Waals surface area (Å²) < 4.78 is 175. The molecule has 3 aromatic heterocycles. The van der Waals surface area contributed by atoms with Crippen molar-refractivity contribution in [2.75, 3.05) is 0 Å². The highest BCUT2D eigenvalue weighted by molar-refractivity contribution is 6.13. The Labute approximate surface area is 469 Å². The molecular weight excluding hydrogens is 1100 g/mol. The first-order chi connectivity index (χ1) is 40.2. The average molecular weight is 1140 g/mol. The predicted octanol–water partition coefficient (Wildman–Crippen LogP) is 20.7. The van der Waals surface area contributed by atoms with Gasteiger partial charge < -0.3 is 9.13 Å². The molecule has 0 aliphatic rings. The van der Waals surface area contributed by atoms with E-state index in [0.717, 1.165) is 23.3 Å². The molecule has 0 N–H and O–H groups in total. The van der Waals surface area contributed by atoms with Gasteiger partial charge in [-0.15, -0.1) is 0 Å². The monoisotopic (exact) mass is 1140 g/mol. The van der Waals surface area contributed by atoms with Crippen molar-refractivity contribution in [2.45, 2.75) is 24.7 Å². The van der Waals surface area contributed by atoms with E-state index < -0.39 is 58.1 Å². The average Bonchev–Trinajstić information content (AvgIpc) is 1.67. The number of nitrogens with zero attached hydrogens (tertiary/aromatic N) is 4. The Bertz CT molecular complexity index is 4670. The molecule has 16 heteroatoms. The summed E-state index contributed by atoms with van der Waals surface area (Å²) in [4.78, 5) is 10.1. The minimum absolute atomic E-state index is 0.0297. The van der Waals surface area contributed by atoms with Crippen molar-refractivity contribution >= 4 is 43.6 Å². The van der Waals surface area contributed by atoms with Crippen LogP contribution in [0, 0.1) is 0 Å². The number of rotatable bonds is 8. The maximum Gasteiger partial charge on any atom is 0.417 e. The minimum Gasteiger partial charge on any atom is -0.309 e. The summed E-state index contributed by atoms with van der Waals surface area (Å²) in [5.41, 5.74) is 1.60. The lowest BCUT2D eigenvalue weighted by molar-refractivity contribution is -0.144. The second-order valence-corrected chi connectivity index (χ2v) is 20.1. The van der Waals surface area contributed by atoms with Crippen LogP contribution in [-0.4, -0.2) is 19.1 Å². The van der Waals surface area contributed by atoms with E-state index in [0.29, 0.717) is 101 Å². The molecule has 13 rings (SSSR count). The molecule has 0 unspecified atom stereocenters. The molecular formula is C68H38F12N4. The number of hydrogen-bond donors (Lipinski definition) is 0. The topological polar surface area (TPSA) is 35.6 Å². The van der Waals surface area contributed by atoms with Gasteiger partial charge in [0.25, 0.3) is 0 Å². The van der Waals surface area contributed by atoms with Crippen molar-refractivity contribution in [1.29, 1.82) is 0 Å². The van der Waals surface area contributed by atoms with E-state index >= 15 is 0 Å². The fourth-order valence-corrected chi connectivity index (χ4v) is 11.3. The van der Waals surface area contributed by atoms with Crippen molar-refractivity contribution in [3.8, 4) is 78.7 Å². The first-order valence-electron chi connectivity index (χ1n) is 26.1. The summed E-state index contributed by atoms with van der Waals surface area (Å²) in [6.07, 6.45) is -20.3.